The monoisotopic (exact) mass is 489 g/mol. The number of rotatable bonds is 8. The Kier molecular flexibility index (Phi) is 7.16. The van der Waals surface area contributed by atoms with E-state index in [9.17, 15) is 4.79 Å². The van der Waals surface area contributed by atoms with E-state index in [2.05, 4.69) is 0 Å². The van der Waals surface area contributed by atoms with E-state index in [0.717, 1.165) is 53.0 Å². The zero-order valence-corrected chi connectivity index (χ0v) is 20.7. The van der Waals surface area contributed by atoms with Crippen molar-refractivity contribution >= 4 is 6.09 Å². The Morgan fingerprint density at radius 3 is 2.64 bits per heavy atom. The summed E-state index contributed by atoms with van der Waals surface area (Å²) in [7, 11) is 1.65. The van der Waals surface area contributed by atoms with Crippen molar-refractivity contribution in [2.45, 2.75) is 38.8 Å². The normalized spacial score (nSPS) is 15.8. The van der Waals surface area contributed by atoms with Crippen molar-refractivity contribution in [3.8, 4) is 23.0 Å². The number of fused-ring (bicyclic) bond motifs is 2. The zero-order valence-electron chi connectivity index (χ0n) is 20.7. The minimum atomic E-state index is -0.290. The first kappa shape index (κ1) is 23.9. The molecule has 0 saturated heterocycles. The predicted octanol–water partition coefficient (Wildman–Crippen LogP) is 5.69. The van der Waals surface area contributed by atoms with E-state index in [1.54, 1.807) is 7.11 Å². The minimum Gasteiger partial charge on any atom is -0.493 e. The van der Waals surface area contributed by atoms with Gasteiger partial charge in [0.1, 0.15) is 6.61 Å². The molecule has 0 saturated carbocycles. The van der Waals surface area contributed by atoms with Crippen LogP contribution >= 0.6 is 0 Å². The first-order chi connectivity index (χ1) is 17.7. The van der Waals surface area contributed by atoms with Crippen molar-refractivity contribution in [1.82, 2.24) is 4.90 Å². The van der Waals surface area contributed by atoms with Gasteiger partial charge in [0.25, 0.3) is 0 Å². The lowest BCUT2D eigenvalue weighted by Gasteiger charge is -2.37. The van der Waals surface area contributed by atoms with Gasteiger partial charge in [-0.15, -0.1) is 0 Å². The number of hydrogen-bond donors (Lipinski definition) is 0. The fourth-order valence-electron chi connectivity index (χ4n) is 4.85. The quantitative estimate of drug-likeness (QED) is 0.405. The maximum absolute atomic E-state index is 12.9. The molecule has 7 heteroatoms. The lowest BCUT2D eigenvalue weighted by Crippen LogP contribution is -2.40. The molecule has 188 valence electrons. The third kappa shape index (κ3) is 5.05. The maximum atomic E-state index is 12.9. The first-order valence-corrected chi connectivity index (χ1v) is 12.4. The van der Waals surface area contributed by atoms with E-state index in [1.165, 1.54) is 0 Å². The van der Waals surface area contributed by atoms with Crippen molar-refractivity contribution in [3.05, 3.63) is 82.9 Å². The van der Waals surface area contributed by atoms with E-state index in [-0.39, 0.29) is 18.9 Å². The molecule has 36 heavy (non-hydrogen) atoms. The average Bonchev–Trinajstić information content (AvgIpc) is 3.38. The van der Waals surface area contributed by atoms with Gasteiger partial charge in [-0.3, -0.25) is 0 Å². The number of amides is 1. The van der Waals surface area contributed by atoms with Gasteiger partial charge < -0.3 is 28.6 Å². The largest absolute Gasteiger partial charge is 0.493 e. The third-order valence-electron chi connectivity index (χ3n) is 6.67. The molecule has 2 aliphatic rings. The molecule has 3 aromatic rings. The smallest absolute Gasteiger partial charge is 0.410 e. The average molecular weight is 490 g/mol. The molecule has 0 fully saturated rings. The molecule has 1 unspecified atom stereocenters. The Balaban J connectivity index is 1.43. The summed E-state index contributed by atoms with van der Waals surface area (Å²) in [6.07, 6.45) is 1.93. The minimum absolute atomic E-state index is 0.150. The van der Waals surface area contributed by atoms with Crippen LogP contribution in [0.15, 0.2) is 60.7 Å². The van der Waals surface area contributed by atoms with Gasteiger partial charge >= 0.3 is 6.09 Å². The summed E-state index contributed by atoms with van der Waals surface area (Å²) in [6.45, 7) is 3.44. The van der Waals surface area contributed by atoms with Crippen molar-refractivity contribution < 1.29 is 28.5 Å². The van der Waals surface area contributed by atoms with E-state index < -0.39 is 0 Å². The van der Waals surface area contributed by atoms with Crippen molar-refractivity contribution in [2.24, 2.45) is 0 Å². The highest BCUT2D eigenvalue weighted by atomic mass is 16.7. The van der Waals surface area contributed by atoms with Gasteiger partial charge in [-0.25, -0.2) is 4.79 Å². The highest BCUT2D eigenvalue weighted by Gasteiger charge is 2.33. The van der Waals surface area contributed by atoms with Crippen LogP contribution in [0.25, 0.3) is 0 Å². The molecule has 1 amide bonds. The summed E-state index contributed by atoms with van der Waals surface area (Å²) in [4.78, 5) is 14.8. The second kappa shape index (κ2) is 10.8. The fourth-order valence-corrected chi connectivity index (χ4v) is 4.85. The van der Waals surface area contributed by atoms with Gasteiger partial charge in [0.2, 0.25) is 6.79 Å². The summed E-state index contributed by atoms with van der Waals surface area (Å²) in [6, 6.07) is 20.0. The van der Waals surface area contributed by atoms with Crippen LogP contribution in [0.5, 0.6) is 23.0 Å². The molecular formula is C29H31NO6. The number of hydrogen-bond acceptors (Lipinski definition) is 6. The molecule has 0 aliphatic carbocycles. The second-order valence-electron chi connectivity index (χ2n) is 8.86. The first-order valence-electron chi connectivity index (χ1n) is 12.4. The summed E-state index contributed by atoms with van der Waals surface area (Å²) in [5, 5.41) is 0. The molecule has 0 N–H and O–H groups in total. The number of nitrogens with zero attached hydrogens (tertiary/aromatic N) is 1. The van der Waals surface area contributed by atoms with Gasteiger partial charge in [-0.2, -0.15) is 0 Å². The van der Waals surface area contributed by atoms with Crippen LogP contribution in [0.1, 0.15) is 41.6 Å². The Morgan fingerprint density at radius 2 is 1.83 bits per heavy atom. The van der Waals surface area contributed by atoms with E-state index >= 15 is 0 Å². The van der Waals surface area contributed by atoms with E-state index in [1.807, 2.05) is 72.5 Å². The number of aryl methyl sites for hydroxylation is 1. The molecule has 0 radical (unpaired) electrons. The van der Waals surface area contributed by atoms with Crippen LogP contribution in [0, 0.1) is 0 Å². The fraction of sp³-hybridized carbons (Fsp3) is 0.345. The SMILES string of the molecule is CCOC(=O)N1CCc2cc(OC)c(OCc3ccccc3)cc2C1CCc1ccc2c(c1)OCO2. The molecule has 2 heterocycles. The predicted molar refractivity (Wildman–Crippen MR) is 135 cm³/mol. The zero-order chi connectivity index (χ0) is 24.9. The highest BCUT2D eigenvalue weighted by Crippen LogP contribution is 2.41. The van der Waals surface area contributed by atoms with Crippen LogP contribution in [0.3, 0.4) is 0 Å². The van der Waals surface area contributed by atoms with Crippen molar-refractivity contribution in [2.75, 3.05) is 27.1 Å². The van der Waals surface area contributed by atoms with Crippen molar-refractivity contribution in [1.29, 1.82) is 0 Å². The summed E-state index contributed by atoms with van der Waals surface area (Å²) in [5.74, 6) is 2.89. The summed E-state index contributed by atoms with van der Waals surface area (Å²) >= 11 is 0. The summed E-state index contributed by atoms with van der Waals surface area (Å²) < 4.78 is 28.3. The topological polar surface area (TPSA) is 66.5 Å². The van der Waals surface area contributed by atoms with Crippen LogP contribution in [-0.4, -0.2) is 38.0 Å². The van der Waals surface area contributed by atoms with Gasteiger partial charge in [-0.1, -0.05) is 36.4 Å². The Labute approximate surface area is 211 Å². The Bertz CT molecular complexity index is 1210. The Morgan fingerprint density at radius 1 is 1.00 bits per heavy atom. The van der Waals surface area contributed by atoms with E-state index in [0.29, 0.717) is 31.3 Å². The highest BCUT2D eigenvalue weighted by molar-refractivity contribution is 5.69. The van der Waals surface area contributed by atoms with Gasteiger partial charge in [-0.05, 0) is 72.7 Å². The molecule has 0 spiro atoms. The van der Waals surface area contributed by atoms with Crippen LogP contribution in [-0.2, 0) is 24.2 Å². The standard InChI is InChI=1S/C29H31NO6/c1-3-33-29(31)30-14-13-22-16-26(32-2)28(34-18-21-7-5-4-6-8-21)17-23(22)24(30)11-9-20-10-12-25-27(15-20)36-19-35-25/h4-8,10,12,15-17,24H,3,9,11,13-14,18-19H2,1-2H3. The second-order valence-corrected chi connectivity index (χ2v) is 8.86. The molecule has 5 rings (SSSR count). The number of benzene rings is 3. The van der Waals surface area contributed by atoms with Crippen LogP contribution < -0.4 is 18.9 Å². The third-order valence-corrected chi connectivity index (χ3v) is 6.67. The van der Waals surface area contributed by atoms with Crippen molar-refractivity contribution in [3.63, 3.8) is 0 Å². The van der Waals surface area contributed by atoms with Crippen LogP contribution in [0.4, 0.5) is 4.79 Å². The van der Waals surface area contributed by atoms with Gasteiger partial charge in [0, 0.05) is 6.54 Å². The molecule has 7 nitrogen and oxygen atoms in total. The molecule has 0 aromatic heterocycles. The van der Waals surface area contributed by atoms with Crippen LogP contribution in [0.2, 0.25) is 0 Å². The number of carbonyl (C=O) groups excluding carboxylic acids is 1. The number of ether oxygens (including phenoxy) is 5. The van der Waals surface area contributed by atoms with Gasteiger partial charge in [0.05, 0.1) is 19.8 Å². The maximum Gasteiger partial charge on any atom is 0.410 e. The van der Waals surface area contributed by atoms with E-state index in [4.69, 9.17) is 23.7 Å². The lowest BCUT2D eigenvalue weighted by molar-refractivity contribution is 0.0843. The number of methoxy groups -OCH3 is 1. The lowest BCUT2D eigenvalue weighted by atomic mass is 9.88. The molecule has 2 aliphatic heterocycles. The number of carbonyl (C=O) groups is 1. The molecular weight excluding hydrogens is 458 g/mol. The van der Waals surface area contributed by atoms with Gasteiger partial charge in [0.15, 0.2) is 23.0 Å². The Hall–Kier alpha value is -3.87. The molecule has 0 bridgehead atoms. The molecule has 1 atom stereocenters. The molecule has 3 aromatic carbocycles. The summed E-state index contributed by atoms with van der Waals surface area (Å²) in [5.41, 5.74) is 4.43.